The van der Waals surface area contributed by atoms with Gasteiger partial charge < -0.3 is 5.73 Å². The van der Waals surface area contributed by atoms with Gasteiger partial charge in [-0.05, 0) is 18.8 Å². The van der Waals surface area contributed by atoms with Crippen LogP contribution in [0.15, 0.2) is 24.3 Å². The first-order valence-corrected chi connectivity index (χ1v) is 5.50. The summed E-state index contributed by atoms with van der Waals surface area (Å²) in [6.07, 6.45) is 10.5. The standard InChI is InChI=1S/C10H13NOS/c11-10(12)9-6-7-4-2-1-3-5-8(7)13-9/h1-3,5,7-9H,4,6H2,(H2,11,12). The first-order chi connectivity index (χ1) is 6.27. The van der Waals surface area contributed by atoms with Crippen LogP contribution in [-0.2, 0) is 4.79 Å². The number of allylic oxidation sites excluding steroid dienone is 3. The predicted octanol–water partition coefficient (Wildman–Crippen LogP) is 1.48. The van der Waals surface area contributed by atoms with E-state index >= 15 is 0 Å². The number of hydrogen-bond donors (Lipinski definition) is 1. The zero-order valence-corrected chi connectivity index (χ0v) is 8.17. The molecule has 3 atom stereocenters. The molecule has 0 aromatic heterocycles. The van der Waals surface area contributed by atoms with E-state index in [1.807, 2.05) is 0 Å². The Kier molecular flexibility index (Phi) is 2.44. The summed E-state index contributed by atoms with van der Waals surface area (Å²) in [4.78, 5) is 11.0. The van der Waals surface area contributed by atoms with E-state index in [0.717, 1.165) is 12.8 Å². The summed E-state index contributed by atoms with van der Waals surface area (Å²) in [5.74, 6) is 0.452. The van der Waals surface area contributed by atoms with Crippen molar-refractivity contribution in [3.8, 4) is 0 Å². The molecule has 1 heterocycles. The predicted molar refractivity (Wildman–Crippen MR) is 55.4 cm³/mol. The largest absolute Gasteiger partial charge is 0.369 e. The maximum absolute atomic E-state index is 11.0. The lowest BCUT2D eigenvalue weighted by Gasteiger charge is -2.10. The summed E-state index contributed by atoms with van der Waals surface area (Å²) in [7, 11) is 0. The minimum atomic E-state index is -0.157. The fourth-order valence-electron chi connectivity index (χ4n) is 1.89. The number of carbonyl (C=O) groups is 1. The number of carbonyl (C=O) groups excluding carboxylic acids is 1. The van der Waals surface area contributed by atoms with Crippen molar-refractivity contribution < 1.29 is 4.79 Å². The minimum absolute atomic E-state index is 0.0335. The lowest BCUT2D eigenvalue weighted by Crippen LogP contribution is -2.23. The van der Waals surface area contributed by atoms with Crippen molar-refractivity contribution >= 4 is 17.7 Å². The molecule has 1 amide bonds. The van der Waals surface area contributed by atoms with Gasteiger partial charge in [0.05, 0.1) is 5.25 Å². The van der Waals surface area contributed by atoms with Crippen molar-refractivity contribution in [2.75, 3.05) is 0 Å². The molecule has 2 rings (SSSR count). The Balaban J connectivity index is 2.07. The highest BCUT2D eigenvalue weighted by Gasteiger charge is 2.35. The van der Waals surface area contributed by atoms with Crippen molar-refractivity contribution in [3.05, 3.63) is 24.3 Å². The third-order valence-corrected chi connectivity index (χ3v) is 4.22. The molecule has 0 saturated carbocycles. The van der Waals surface area contributed by atoms with Gasteiger partial charge in [-0.25, -0.2) is 0 Å². The fourth-order valence-corrected chi connectivity index (χ4v) is 3.38. The molecule has 3 heteroatoms. The summed E-state index contributed by atoms with van der Waals surface area (Å²) in [5, 5.41) is 0.527. The van der Waals surface area contributed by atoms with Crippen LogP contribution < -0.4 is 5.73 Å². The number of thioether (sulfide) groups is 1. The topological polar surface area (TPSA) is 43.1 Å². The maximum atomic E-state index is 11.0. The number of hydrogen-bond acceptors (Lipinski definition) is 2. The summed E-state index contributed by atoms with van der Waals surface area (Å²) < 4.78 is 0. The fraction of sp³-hybridized carbons (Fsp3) is 0.500. The van der Waals surface area contributed by atoms with Crippen LogP contribution in [0, 0.1) is 5.92 Å². The van der Waals surface area contributed by atoms with E-state index in [2.05, 4.69) is 24.3 Å². The van der Waals surface area contributed by atoms with E-state index in [0.29, 0.717) is 11.2 Å². The molecule has 13 heavy (non-hydrogen) atoms. The average molecular weight is 195 g/mol. The zero-order valence-electron chi connectivity index (χ0n) is 7.35. The Bertz CT molecular complexity index is 272. The SMILES string of the molecule is NC(=O)C1CC2CC=CC=CC2S1. The van der Waals surface area contributed by atoms with Crippen LogP contribution in [0.25, 0.3) is 0 Å². The lowest BCUT2D eigenvalue weighted by atomic mass is 9.96. The van der Waals surface area contributed by atoms with Gasteiger partial charge in [0.2, 0.25) is 5.91 Å². The van der Waals surface area contributed by atoms with Gasteiger partial charge in [0.15, 0.2) is 0 Å². The molecule has 0 radical (unpaired) electrons. The second-order valence-electron chi connectivity index (χ2n) is 3.54. The number of nitrogens with two attached hydrogens (primary N) is 1. The Labute approximate surface area is 82.3 Å². The molecule has 2 N–H and O–H groups in total. The van der Waals surface area contributed by atoms with Gasteiger partial charge in [0.1, 0.15) is 0 Å². The Morgan fingerprint density at radius 2 is 2.31 bits per heavy atom. The van der Waals surface area contributed by atoms with Crippen molar-refractivity contribution in [2.45, 2.75) is 23.3 Å². The third-order valence-electron chi connectivity index (χ3n) is 2.61. The molecular formula is C10H13NOS. The van der Waals surface area contributed by atoms with E-state index in [-0.39, 0.29) is 11.2 Å². The third kappa shape index (κ3) is 1.80. The maximum Gasteiger partial charge on any atom is 0.230 e. The summed E-state index contributed by atoms with van der Waals surface area (Å²) in [5.41, 5.74) is 5.29. The molecule has 0 aromatic carbocycles. The minimum Gasteiger partial charge on any atom is -0.369 e. The normalized spacial score (nSPS) is 37.1. The molecule has 1 aliphatic heterocycles. The Hall–Kier alpha value is -0.700. The molecule has 70 valence electrons. The first-order valence-electron chi connectivity index (χ1n) is 4.55. The van der Waals surface area contributed by atoms with E-state index in [1.54, 1.807) is 11.8 Å². The van der Waals surface area contributed by atoms with Crippen molar-refractivity contribution in [1.29, 1.82) is 0 Å². The molecular weight excluding hydrogens is 182 g/mol. The summed E-state index contributed by atoms with van der Waals surface area (Å²) in [6.45, 7) is 0. The molecule has 2 nitrogen and oxygen atoms in total. The van der Waals surface area contributed by atoms with Gasteiger partial charge >= 0.3 is 0 Å². The van der Waals surface area contributed by atoms with Crippen LogP contribution in [0.5, 0.6) is 0 Å². The van der Waals surface area contributed by atoms with Crippen molar-refractivity contribution in [1.82, 2.24) is 0 Å². The van der Waals surface area contributed by atoms with Crippen molar-refractivity contribution in [3.63, 3.8) is 0 Å². The summed E-state index contributed by atoms with van der Waals surface area (Å²) >= 11 is 1.71. The number of rotatable bonds is 1. The van der Waals surface area contributed by atoms with Gasteiger partial charge in [-0.1, -0.05) is 24.3 Å². The van der Waals surface area contributed by atoms with Gasteiger partial charge in [-0.3, -0.25) is 4.79 Å². The summed E-state index contributed by atoms with van der Waals surface area (Å²) in [6, 6.07) is 0. The number of amides is 1. The second kappa shape index (κ2) is 3.58. The van der Waals surface area contributed by atoms with Crippen molar-refractivity contribution in [2.24, 2.45) is 11.7 Å². The van der Waals surface area contributed by atoms with Crippen LogP contribution >= 0.6 is 11.8 Å². The Morgan fingerprint density at radius 3 is 3.08 bits per heavy atom. The highest BCUT2D eigenvalue weighted by molar-refractivity contribution is 8.01. The van der Waals surface area contributed by atoms with Gasteiger partial charge in [0.25, 0.3) is 0 Å². The molecule has 2 aliphatic rings. The average Bonchev–Trinajstić information content (AvgIpc) is 2.38. The second-order valence-corrected chi connectivity index (χ2v) is 4.92. The van der Waals surface area contributed by atoms with E-state index in [1.165, 1.54) is 0 Å². The van der Waals surface area contributed by atoms with Gasteiger partial charge in [-0.2, -0.15) is 0 Å². The molecule has 0 aromatic rings. The lowest BCUT2D eigenvalue weighted by molar-refractivity contribution is -0.117. The molecule has 1 aliphatic carbocycles. The molecule has 3 unspecified atom stereocenters. The van der Waals surface area contributed by atoms with Crippen LogP contribution in [0.3, 0.4) is 0 Å². The van der Waals surface area contributed by atoms with E-state index in [9.17, 15) is 4.79 Å². The highest BCUT2D eigenvalue weighted by Crippen LogP contribution is 2.41. The monoisotopic (exact) mass is 195 g/mol. The Morgan fingerprint density at radius 1 is 1.46 bits per heavy atom. The zero-order chi connectivity index (χ0) is 9.26. The molecule has 1 saturated heterocycles. The first kappa shape index (κ1) is 8.88. The van der Waals surface area contributed by atoms with E-state index in [4.69, 9.17) is 5.73 Å². The highest BCUT2D eigenvalue weighted by atomic mass is 32.2. The number of fused-ring (bicyclic) bond motifs is 1. The van der Waals surface area contributed by atoms with Gasteiger partial charge in [-0.15, -0.1) is 11.8 Å². The number of primary amides is 1. The molecule has 0 bridgehead atoms. The molecule has 0 spiro atoms. The quantitative estimate of drug-likeness (QED) is 0.688. The van der Waals surface area contributed by atoms with Crippen LogP contribution in [0.2, 0.25) is 0 Å². The smallest absolute Gasteiger partial charge is 0.230 e. The van der Waals surface area contributed by atoms with E-state index < -0.39 is 0 Å². The van der Waals surface area contributed by atoms with Crippen LogP contribution in [0.4, 0.5) is 0 Å². The molecule has 1 fully saturated rings. The van der Waals surface area contributed by atoms with Crippen LogP contribution in [-0.4, -0.2) is 16.4 Å². The van der Waals surface area contributed by atoms with Crippen LogP contribution in [0.1, 0.15) is 12.8 Å². The van der Waals surface area contributed by atoms with Gasteiger partial charge in [0, 0.05) is 5.25 Å².